The van der Waals surface area contributed by atoms with Gasteiger partial charge >= 0.3 is 0 Å². The Labute approximate surface area is 132 Å². The molecule has 0 radical (unpaired) electrons. The van der Waals surface area contributed by atoms with E-state index in [1.54, 1.807) is 0 Å². The Bertz CT molecular complexity index is 312. The van der Waals surface area contributed by atoms with E-state index in [1.165, 1.54) is 89.9 Å². The van der Waals surface area contributed by atoms with Gasteiger partial charge in [-0.1, -0.05) is 71.1 Å². The first-order valence-corrected chi connectivity index (χ1v) is 10.0. The van der Waals surface area contributed by atoms with Gasteiger partial charge in [0.15, 0.2) is 0 Å². The first-order valence-electron chi connectivity index (χ1n) is 10.0. The van der Waals surface area contributed by atoms with Crippen molar-refractivity contribution < 1.29 is 0 Å². The quantitative estimate of drug-likeness (QED) is 0.712. The molecule has 122 valence electrons. The van der Waals surface area contributed by atoms with Gasteiger partial charge in [0.25, 0.3) is 0 Å². The average Bonchev–Trinajstić information content (AvgIpc) is 2.56. The fourth-order valence-corrected chi connectivity index (χ4v) is 6.08. The Balaban J connectivity index is 1.69. The highest BCUT2D eigenvalue weighted by Crippen LogP contribution is 2.49. The second-order valence-corrected chi connectivity index (χ2v) is 8.49. The molecule has 1 nitrogen and oxygen atoms in total. The molecule has 3 saturated carbocycles. The molecule has 0 heterocycles. The molecule has 3 fully saturated rings. The number of hydrogen-bond donors (Lipinski definition) is 1. The summed E-state index contributed by atoms with van der Waals surface area (Å²) in [6.07, 6.45) is 20.1. The summed E-state index contributed by atoms with van der Waals surface area (Å²) in [5.41, 5.74) is 7.40. The van der Waals surface area contributed by atoms with Gasteiger partial charge in [0, 0.05) is 5.54 Å². The molecular formula is C20H37N. The first-order chi connectivity index (χ1) is 10.2. The van der Waals surface area contributed by atoms with Crippen LogP contribution in [0.5, 0.6) is 0 Å². The van der Waals surface area contributed by atoms with Crippen LogP contribution in [0.25, 0.3) is 0 Å². The molecule has 0 aliphatic heterocycles. The summed E-state index contributed by atoms with van der Waals surface area (Å²) in [5.74, 6) is 3.66. The van der Waals surface area contributed by atoms with E-state index in [2.05, 4.69) is 6.92 Å². The Morgan fingerprint density at radius 3 is 2.14 bits per heavy atom. The van der Waals surface area contributed by atoms with Crippen molar-refractivity contribution in [2.75, 3.05) is 0 Å². The van der Waals surface area contributed by atoms with Crippen molar-refractivity contribution in [3.8, 4) is 0 Å². The third-order valence-corrected chi connectivity index (χ3v) is 7.47. The molecule has 2 unspecified atom stereocenters. The van der Waals surface area contributed by atoms with E-state index in [1.807, 2.05) is 0 Å². The topological polar surface area (TPSA) is 26.0 Å². The maximum atomic E-state index is 7.20. The highest BCUT2D eigenvalue weighted by atomic mass is 14.8. The van der Waals surface area contributed by atoms with Crippen LogP contribution in [0.15, 0.2) is 0 Å². The van der Waals surface area contributed by atoms with E-state index in [0.29, 0.717) is 0 Å². The summed E-state index contributed by atoms with van der Waals surface area (Å²) in [5, 5.41) is 0. The molecular weight excluding hydrogens is 254 g/mol. The Hall–Kier alpha value is -0.0400. The van der Waals surface area contributed by atoms with E-state index < -0.39 is 0 Å². The molecule has 0 aromatic rings. The summed E-state index contributed by atoms with van der Waals surface area (Å²) < 4.78 is 0. The lowest BCUT2D eigenvalue weighted by Gasteiger charge is -2.52. The maximum absolute atomic E-state index is 7.20. The van der Waals surface area contributed by atoms with Crippen LogP contribution in [0.4, 0.5) is 0 Å². The lowest BCUT2D eigenvalue weighted by Crippen LogP contribution is -2.58. The summed E-state index contributed by atoms with van der Waals surface area (Å²) in [7, 11) is 0. The molecule has 0 aromatic carbocycles. The molecule has 2 atom stereocenters. The van der Waals surface area contributed by atoms with Crippen LogP contribution in [0.3, 0.4) is 0 Å². The summed E-state index contributed by atoms with van der Waals surface area (Å²) >= 11 is 0. The van der Waals surface area contributed by atoms with Gasteiger partial charge in [-0.25, -0.2) is 0 Å². The predicted octanol–water partition coefficient (Wildman–Crippen LogP) is 5.67. The largest absolute Gasteiger partial charge is 0.325 e. The van der Waals surface area contributed by atoms with Gasteiger partial charge < -0.3 is 5.73 Å². The highest BCUT2D eigenvalue weighted by molar-refractivity contribution is 5.02. The minimum Gasteiger partial charge on any atom is -0.325 e. The van der Waals surface area contributed by atoms with Crippen LogP contribution in [-0.2, 0) is 0 Å². The molecule has 0 amide bonds. The molecule has 3 rings (SSSR count). The fraction of sp³-hybridized carbons (Fsp3) is 1.00. The van der Waals surface area contributed by atoms with Crippen molar-refractivity contribution in [3.63, 3.8) is 0 Å². The van der Waals surface area contributed by atoms with Crippen molar-refractivity contribution in [2.45, 2.75) is 102 Å². The lowest BCUT2D eigenvalue weighted by molar-refractivity contribution is 0.0315. The molecule has 0 spiro atoms. The van der Waals surface area contributed by atoms with Crippen molar-refractivity contribution in [1.82, 2.24) is 0 Å². The van der Waals surface area contributed by atoms with Crippen LogP contribution < -0.4 is 5.73 Å². The second kappa shape index (κ2) is 7.02. The lowest BCUT2D eigenvalue weighted by atomic mass is 9.57. The summed E-state index contributed by atoms with van der Waals surface area (Å²) in [4.78, 5) is 0. The van der Waals surface area contributed by atoms with Crippen LogP contribution in [0.1, 0.15) is 96.8 Å². The van der Waals surface area contributed by atoms with Crippen LogP contribution in [0.2, 0.25) is 0 Å². The Kier molecular flexibility index (Phi) is 5.30. The summed E-state index contributed by atoms with van der Waals surface area (Å²) in [6, 6.07) is 0. The van der Waals surface area contributed by atoms with E-state index >= 15 is 0 Å². The molecule has 3 aliphatic rings. The van der Waals surface area contributed by atoms with E-state index in [4.69, 9.17) is 5.73 Å². The van der Waals surface area contributed by atoms with Crippen molar-refractivity contribution in [2.24, 2.45) is 29.4 Å². The zero-order valence-electron chi connectivity index (χ0n) is 14.3. The zero-order valence-corrected chi connectivity index (χ0v) is 14.3. The standard InChI is InChI=1S/C20H37N/c1-2-16-11-13-18(14-12-16)20(21)15-7-6-10-19(20)17-8-4-3-5-9-17/h16-19H,2-15,21H2,1H3. The Morgan fingerprint density at radius 1 is 0.810 bits per heavy atom. The molecule has 3 aliphatic carbocycles. The van der Waals surface area contributed by atoms with Crippen LogP contribution >= 0.6 is 0 Å². The third-order valence-electron chi connectivity index (χ3n) is 7.47. The number of hydrogen-bond acceptors (Lipinski definition) is 1. The highest BCUT2D eigenvalue weighted by Gasteiger charge is 2.47. The molecule has 0 saturated heterocycles. The summed E-state index contributed by atoms with van der Waals surface area (Å²) in [6.45, 7) is 2.37. The third kappa shape index (κ3) is 3.33. The van der Waals surface area contributed by atoms with Gasteiger partial charge in [0.1, 0.15) is 0 Å². The molecule has 2 N–H and O–H groups in total. The number of rotatable bonds is 3. The van der Waals surface area contributed by atoms with Gasteiger partial charge in [-0.15, -0.1) is 0 Å². The second-order valence-electron chi connectivity index (χ2n) is 8.49. The molecule has 1 heteroatoms. The normalized spacial score (nSPS) is 42.9. The maximum Gasteiger partial charge on any atom is 0.0214 e. The predicted molar refractivity (Wildman–Crippen MR) is 91.2 cm³/mol. The monoisotopic (exact) mass is 291 g/mol. The van der Waals surface area contributed by atoms with Gasteiger partial charge in [0.05, 0.1) is 0 Å². The van der Waals surface area contributed by atoms with Crippen molar-refractivity contribution in [1.29, 1.82) is 0 Å². The molecule has 21 heavy (non-hydrogen) atoms. The van der Waals surface area contributed by atoms with E-state index in [-0.39, 0.29) is 5.54 Å². The van der Waals surface area contributed by atoms with Gasteiger partial charge in [-0.05, 0) is 49.4 Å². The van der Waals surface area contributed by atoms with Gasteiger partial charge in [-0.2, -0.15) is 0 Å². The molecule has 0 bridgehead atoms. The molecule has 0 aromatic heterocycles. The smallest absolute Gasteiger partial charge is 0.0214 e. The van der Waals surface area contributed by atoms with Crippen molar-refractivity contribution in [3.05, 3.63) is 0 Å². The van der Waals surface area contributed by atoms with Crippen molar-refractivity contribution >= 4 is 0 Å². The zero-order chi connectivity index (χ0) is 14.7. The minimum atomic E-state index is 0.207. The minimum absolute atomic E-state index is 0.207. The van der Waals surface area contributed by atoms with Crippen LogP contribution in [0, 0.1) is 23.7 Å². The SMILES string of the molecule is CCC1CCC(C2(N)CCCCC2C2CCCCC2)CC1. The van der Waals surface area contributed by atoms with E-state index in [0.717, 1.165) is 23.7 Å². The first kappa shape index (κ1) is 15.8. The number of nitrogens with two attached hydrogens (primary N) is 1. The average molecular weight is 292 g/mol. The fourth-order valence-electron chi connectivity index (χ4n) is 6.08. The van der Waals surface area contributed by atoms with E-state index in [9.17, 15) is 0 Å². The Morgan fingerprint density at radius 2 is 1.48 bits per heavy atom. The van der Waals surface area contributed by atoms with Gasteiger partial charge in [-0.3, -0.25) is 0 Å². The van der Waals surface area contributed by atoms with Crippen LogP contribution in [-0.4, -0.2) is 5.54 Å². The van der Waals surface area contributed by atoms with Gasteiger partial charge in [0.2, 0.25) is 0 Å².